The van der Waals surface area contributed by atoms with E-state index >= 15 is 0 Å². The molecule has 0 saturated heterocycles. The summed E-state index contributed by atoms with van der Waals surface area (Å²) in [4.78, 5) is 4.12. The lowest BCUT2D eigenvalue weighted by molar-refractivity contribution is 0.126. The number of ether oxygens (including phenoxy) is 1. The second kappa shape index (κ2) is 4.41. The van der Waals surface area contributed by atoms with Gasteiger partial charge in [0.2, 0.25) is 0 Å². The van der Waals surface area contributed by atoms with Crippen molar-refractivity contribution in [2.24, 2.45) is 0 Å². The Bertz CT molecular complexity index is 278. The Hall–Kier alpha value is -1.10. The Morgan fingerprint density at radius 3 is 2.71 bits per heavy atom. The summed E-state index contributed by atoms with van der Waals surface area (Å²) >= 11 is 0. The van der Waals surface area contributed by atoms with Crippen molar-refractivity contribution in [3.05, 3.63) is 5.82 Å². The lowest BCUT2D eigenvalue weighted by Crippen LogP contribution is -2.26. The summed E-state index contributed by atoms with van der Waals surface area (Å²) < 4.78 is 10.1. The van der Waals surface area contributed by atoms with Gasteiger partial charge in [-0.15, -0.1) is 0 Å². The van der Waals surface area contributed by atoms with Crippen LogP contribution in [0, 0.1) is 0 Å². The summed E-state index contributed by atoms with van der Waals surface area (Å²) in [7, 11) is 0. The molecule has 1 rings (SSSR count). The van der Waals surface area contributed by atoms with Crippen LogP contribution in [0.5, 0.6) is 0 Å². The molecule has 0 amide bonds. The fourth-order valence-electron chi connectivity index (χ4n) is 0.878. The molecule has 0 aromatic carbocycles. The van der Waals surface area contributed by atoms with Gasteiger partial charge in [-0.1, -0.05) is 5.16 Å². The number of hydrogen-bond donors (Lipinski definition) is 1. The topological polar surface area (TPSA) is 60.2 Å². The van der Waals surface area contributed by atoms with Gasteiger partial charge in [-0.3, -0.25) is 0 Å². The predicted octanol–water partition coefficient (Wildman–Crippen LogP) is 1.82. The molecular weight excluding hydrogens is 182 g/mol. The minimum atomic E-state index is -0.0740. The summed E-state index contributed by atoms with van der Waals surface area (Å²) in [5.41, 5.74) is -0.0740. The van der Waals surface area contributed by atoms with Gasteiger partial charge in [0.15, 0.2) is 5.82 Å². The molecule has 0 aliphatic rings. The zero-order valence-corrected chi connectivity index (χ0v) is 9.13. The molecule has 1 aromatic rings. The van der Waals surface area contributed by atoms with Gasteiger partial charge in [-0.05, 0) is 27.7 Å². The Kier molecular flexibility index (Phi) is 3.46. The summed E-state index contributed by atoms with van der Waals surface area (Å²) in [5.74, 6) is 0.568. The van der Waals surface area contributed by atoms with E-state index < -0.39 is 0 Å². The van der Waals surface area contributed by atoms with Crippen molar-refractivity contribution in [3.63, 3.8) is 0 Å². The molecule has 0 bridgehead atoms. The molecule has 5 nitrogen and oxygen atoms in total. The van der Waals surface area contributed by atoms with Gasteiger partial charge in [0.25, 0.3) is 0 Å². The van der Waals surface area contributed by atoms with Crippen LogP contribution in [0.1, 0.15) is 33.5 Å². The molecule has 0 saturated carbocycles. The molecule has 80 valence electrons. The lowest BCUT2D eigenvalue weighted by atomic mass is 10.1. The smallest absolute Gasteiger partial charge is 0.321 e. The average Bonchev–Trinajstić information content (AvgIpc) is 2.46. The first kappa shape index (κ1) is 11.0. The van der Waals surface area contributed by atoms with E-state index in [2.05, 4.69) is 15.5 Å². The fraction of sp³-hybridized carbons (Fsp3) is 0.778. The third kappa shape index (κ3) is 3.74. The van der Waals surface area contributed by atoms with E-state index in [4.69, 9.17) is 9.26 Å². The molecule has 1 N–H and O–H groups in total. The summed E-state index contributed by atoms with van der Waals surface area (Å²) in [5, 5.41) is 6.85. The third-order valence-electron chi connectivity index (χ3n) is 1.39. The van der Waals surface area contributed by atoms with Crippen LogP contribution < -0.4 is 5.32 Å². The zero-order chi connectivity index (χ0) is 10.6. The molecule has 1 aromatic heterocycles. The van der Waals surface area contributed by atoms with E-state index in [0.717, 1.165) is 0 Å². The predicted molar refractivity (Wildman–Crippen MR) is 53.0 cm³/mol. The van der Waals surface area contributed by atoms with Crippen molar-refractivity contribution < 1.29 is 9.26 Å². The van der Waals surface area contributed by atoms with Gasteiger partial charge in [0.05, 0.1) is 0 Å². The third-order valence-corrected chi connectivity index (χ3v) is 1.39. The highest BCUT2D eigenvalue weighted by Crippen LogP contribution is 2.11. The van der Waals surface area contributed by atoms with E-state index in [1.807, 2.05) is 27.7 Å². The van der Waals surface area contributed by atoms with Crippen molar-refractivity contribution >= 4 is 6.01 Å². The molecular formula is C9H17N3O2. The van der Waals surface area contributed by atoms with Crippen LogP contribution in [0.3, 0.4) is 0 Å². The van der Waals surface area contributed by atoms with Gasteiger partial charge in [-0.2, -0.15) is 4.98 Å². The van der Waals surface area contributed by atoms with Gasteiger partial charge < -0.3 is 14.6 Å². The van der Waals surface area contributed by atoms with Gasteiger partial charge >= 0.3 is 6.01 Å². The first-order chi connectivity index (χ1) is 6.51. The number of hydrogen-bond acceptors (Lipinski definition) is 5. The molecule has 0 radical (unpaired) electrons. The van der Waals surface area contributed by atoms with Crippen LogP contribution in [0.4, 0.5) is 6.01 Å². The van der Waals surface area contributed by atoms with Crippen molar-refractivity contribution in [1.82, 2.24) is 10.1 Å². The summed E-state index contributed by atoms with van der Waals surface area (Å²) in [6, 6.07) is 0.437. The first-order valence-electron chi connectivity index (χ1n) is 4.70. The lowest BCUT2D eigenvalue weighted by Gasteiger charge is -2.17. The minimum Gasteiger partial charge on any atom is -0.374 e. The number of rotatable bonds is 4. The first-order valence-corrected chi connectivity index (χ1v) is 4.70. The second-order valence-corrected chi connectivity index (χ2v) is 4.03. The Morgan fingerprint density at radius 2 is 2.14 bits per heavy atom. The van der Waals surface area contributed by atoms with E-state index in [0.29, 0.717) is 25.1 Å². The van der Waals surface area contributed by atoms with Crippen molar-refractivity contribution in [2.75, 3.05) is 11.9 Å². The summed E-state index contributed by atoms with van der Waals surface area (Å²) in [6.45, 7) is 9.05. The van der Waals surface area contributed by atoms with Crippen molar-refractivity contribution in [3.8, 4) is 0 Å². The number of nitrogens with zero attached hydrogens (tertiary/aromatic N) is 2. The van der Waals surface area contributed by atoms with E-state index in [1.165, 1.54) is 0 Å². The Morgan fingerprint density at radius 1 is 1.43 bits per heavy atom. The standard InChI is InChI=1S/C9H17N3O2/c1-5-13-6-7-10-8(14-12-7)11-9(2,3)4/h5-6H2,1-4H3,(H,10,11,12). The van der Waals surface area contributed by atoms with Crippen molar-refractivity contribution in [2.45, 2.75) is 39.8 Å². The molecule has 0 atom stereocenters. The Balaban J connectivity index is 2.51. The normalized spacial score (nSPS) is 11.7. The molecule has 0 aliphatic carbocycles. The van der Waals surface area contributed by atoms with Crippen LogP contribution in [0.2, 0.25) is 0 Å². The Labute approximate surface area is 83.8 Å². The molecule has 5 heteroatoms. The van der Waals surface area contributed by atoms with E-state index in [9.17, 15) is 0 Å². The highest BCUT2D eigenvalue weighted by atomic mass is 16.5. The summed E-state index contributed by atoms with van der Waals surface area (Å²) in [6.07, 6.45) is 0. The van der Waals surface area contributed by atoms with Gasteiger partial charge in [0, 0.05) is 12.1 Å². The largest absolute Gasteiger partial charge is 0.374 e. The van der Waals surface area contributed by atoms with Crippen LogP contribution in [-0.2, 0) is 11.3 Å². The van der Waals surface area contributed by atoms with Gasteiger partial charge in [-0.25, -0.2) is 0 Å². The minimum absolute atomic E-state index is 0.0740. The quantitative estimate of drug-likeness (QED) is 0.801. The molecule has 0 aliphatic heterocycles. The molecule has 0 fully saturated rings. The maximum absolute atomic E-state index is 5.15. The highest BCUT2D eigenvalue weighted by Gasteiger charge is 2.14. The van der Waals surface area contributed by atoms with Crippen molar-refractivity contribution in [1.29, 1.82) is 0 Å². The molecule has 0 spiro atoms. The van der Waals surface area contributed by atoms with Crippen LogP contribution in [-0.4, -0.2) is 22.3 Å². The molecule has 1 heterocycles. The number of anilines is 1. The maximum Gasteiger partial charge on any atom is 0.321 e. The number of nitrogens with one attached hydrogen (secondary N) is 1. The second-order valence-electron chi connectivity index (χ2n) is 4.03. The molecule has 14 heavy (non-hydrogen) atoms. The maximum atomic E-state index is 5.15. The van der Waals surface area contributed by atoms with E-state index in [-0.39, 0.29) is 5.54 Å². The van der Waals surface area contributed by atoms with E-state index in [1.54, 1.807) is 0 Å². The zero-order valence-electron chi connectivity index (χ0n) is 9.13. The SMILES string of the molecule is CCOCc1noc(NC(C)(C)C)n1. The fourth-order valence-corrected chi connectivity index (χ4v) is 0.878. The number of aromatic nitrogens is 2. The highest BCUT2D eigenvalue weighted by molar-refractivity contribution is 5.22. The van der Waals surface area contributed by atoms with Gasteiger partial charge in [0.1, 0.15) is 6.61 Å². The van der Waals surface area contributed by atoms with Crippen LogP contribution in [0.25, 0.3) is 0 Å². The monoisotopic (exact) mass is 199 g/mol. The average molecular weight is 199 g/mol. The van der Waals surface area contributed by atoms with Crippen LogP contribution >= 0.6 is 0 Å². The molecule has 0 unspecified atom stereocenters. The van der Waals surface area contributed by atoms with Crippen LogP contribution in [0.15, 0.2) is 4.52 Å².